The zero-order valence-electron chi connectivity index (χ0n) is 12.7. The first kappa shape index (κ1) is 16.9. The smallest absolute Gasteiger partial charge is 0.322 e. The van der Waals surface area contributed by atoms with Crippen LogP contribution in [0.15, 0.2) is 48.7 Å². The van der Waals surface area contributed by atoms with Gasteiger partial charge in [-0.25, -0.2) is 0 Å². The van der Waals surface area contributed by atoms with Crippen molar-refractivity contribution in [1.82, 2.24) is 0 Å². The van der Waals surface area contributed by atoms with Crippen LogP contribution >= 0.6 is 0 Å². The Morgan fingerprint density at radius 2 is 1.71 bits per heavy atom. The topological polar surface area (TPSA) is 105 Å². The zero-order chi connectivity index (χ0) is 17.5. The summed E-state index contributed by atoms with van der Waals surface area (Å²) in [6.07, 6.45) is 1.65. The Kier molecular flexibility index (Phi) is 5.45. The van der Waals surface area contributed by atoms with Gasteiger partial charge in [-0.2, -0.15) is 0 Å². The van der Waals surface area contributed by atoms with Gasteiger partial charge in [-0.05, 0) is 17.7 Å². The molecule has 0 N–H and O–H groups in total. The molecule has 0 aliphatic heterocycles. The van der Waals surface area contributed by atoms with Gasteiger partial charge < -0.3 is 9.47 Å². The zero-order valence-corrected chi connectivity index (χ0v) is 12.7. The minimum atomic E-state index is -0.704. The highest BCUT2D eigenvalue weighted by atomic mass is 16.6. The third kappa shape index (κ3) is 4.07. The van der Waals surface area contributed by atoms with Crippen LogP contribution in [-0.4, -0.2) is 17.0 Å². The summed E-state index contributed by atoms with van der Waals surface area (Å²) >= 11 is 0. The molecule has 0 saturated heterocycles. The van der Waals surface area contributed by atoms with E-state index in [4.69, 9.17) is 9.47 Å². The van der Waals surface area contributed by atoms with Gasteiger partial charge in [-0.15, -0.1) is 0 Å². The van der Waals surface area contributed by atoms with Crippen molar-refractivity contribution >= 4 is 11.8 Å². The molecule has 2 aromatic rings. The number of nitrogens with zero attached hydrogens (tertiary/aromatic N) is 2. The Hall–Kier alpha value is -3.42. The summed E-state index contributed by atoms with van der Waals surface area (Å²) in [6, 6.07) is 12.1. The lowest BCUT2D eigenvalue weighted by atomic mass is 10.1. The molecule has 0 bridgehead atoms. The fraction of sp³-hybridized carbons (Fsp3) is 0.125. The molecule has 8 nitrogen and oxygen atoms in total. The Morgan fingerprint density at radius 1 is 1.04 bits per heavy atom. The maximum absolute atomic E-state index is 11.3. The average molecular weight is 330 g/mol. The predicted molar refractivity (Wildman–Crippen MR) is 86.5 cm³/mol. The summed E-state index contributed by atoms with van der Waals surface area (Å²) in [5.41, 5.74) is 0.452. The van der Waals surface area contributed by atoms with Gasteiger partial charge in [0.25, 0.3) is 0 Å². The minimum absolute atomic E-state index is 0.00457. The number of nitro benzene ring substituents is 1. The molecular weight excluding hydrogens is 316 g/mol. The minimum Gasteiger partial charge on any atom is -0.490 e. The first-order valence-corrected chi connectivity index (χ1v) is 6.86. The molecule has 0 amide bonds. The summed E-state index contributed by atoms with van der Waals surface area (Å²) in [7, 11) is 1.29. The lowest BCUT2D eigenvalue weighted by molar-refractivity contribution is -0.401. The summed E-state index contributed by atoms with van der Waals surface area (Å²) in [6.45, 7) is 0.170. The van der Waals surface area contributed by atoms with E-state index in [-0.39, 0.29) is 29.4 Å². The van der Waals surface area contributed by atoms with E-state index in [1.54, 1.807) is 0 Å². The van der Waals surface area contributed by atoms with Crippen molar-refractivity contribution < 1.29 is 19.3 Å². The van der Waals surface area contributed by atoms with Gasteiger partial charge in [0.15, 0.2) is 5.75 Å². The number of ether oxygens (including phenoxy) is 2. The molecule has 0 radical (unpaired) electrons. The van der Waals surface area contributed by atoms with E-state index in [2.05, 4.69) is 0 Å². The third-order valence-corrected chi connectivity index (χ3v) is 3.14. The van der Waals surface area contributed by atoms with Gasteiger partial charge in [-0.3, -0.25) is 20.2 Å². The number of benzene rings is 2. The van der Waals surface area contributed by atoms with Crippen LogP contribution in [0.2, 0.25) is 0 Å². The molecule has 0 aliphatic carbocycles. The molecule has 0 aromatic heterocycles. The van der Waals surface area contributed by atoms with E-state index in [9.17, 15) is 20.2 Å². The van der Waals surface area contributed by atoms with Crippen LogP contribution in [-0.2, 0) is 6.61 Å². The normalized spacial score (nSPS) is 10.5. The quantitative estimate of drug-likeness (QED) is 0.569. The molecule has 0 fully saturated rings. The molecule has 0 atom stereocenters. The van der Waals surface area contributed by atoms with Crippen molar-refractivity contribution in [2.75, 3.05) is 7.11 Å². The van der Waals surface area contributed by atoms with E-state index in [0.717, 1.165) is 11.6 Å². The predicted octanol–water partition coefficient (Wildman–Crippen LogP) is 3.43. The van der Waals surface area contributed by atoms with Gasteiger partial charge in [0.05, 0.1) is 17.0 Å². The van der Waals surface area contributed by atoms with Crippen LogP contribution in [0.1, 0.15) is 11.1 Å². The van der Waals surface area contributed by atoms with Gasteiger partial charge in [-0.1, -0.05) is 30.3 Å². The van der Waals surface area contributed by atoms with Crippen molar-refractivity contribution in [3.8, 4) is 11.5 Å². The Labute approximate surface area is 137 Å². The molecular formula is C16H14N2O6. The maximum Gasteiger partial charge on any atom is 0.322 e. The first-order chi connectivity index (χ1) is 11.5. The van der Waals surface area contributed by atoms with Crippen molar-refractivity contribution in [2.45, 2.75) is 6.61 Å². The summed E-state index contributed by atoms with van der Waals surface area (Å²) in [5.74, 6) is 0.152. The van der Waals surface area contributed by atoms with E-state index >= 15 is 0 Å². The standard InChI is InChI=1S/C16H14N2O6/c1-23-15-8-7-14(24-11-12-5-3-2-4-6-12)13(9-10-17(19)20)16(15)18(21)22/h2-10H,11H2,1H3/b10-9+. The summed E-state index contributed by atoms with van der Waals surface area (Å²) in [4.78, 5) is 20.6. The van der Waals surface area contributed by atoms with Crippen molar-refractivity contribution in [1.29, 1.82) is 0 Å². The number of nitro groups is 2. The van der Waals surface area contributed by atoms with Crippen LogP contribution in [0.4, 0.5) is 5.69 Å². The largest absolute Gasteiger partial charge is 0.490 e. The first-order valence-electron chi connectivity index (χ1n) is 6.86. The van der Waals surface area contributed by atoms with Crippen LogP contribution in [0.25, 0.3) is 6.08 Å². The molecule has 0 aliphatic rings. The summed E-state index contributed by atoms with van der Waals surface area (Å²) < 4.78 is 10.6. The van der Waals surface area contributed by atoms with E-state index in [0.29, 0.717) is 6.20 Å². The Bertz CT molecular complexity index is 774. The molecule has 8 heteroatoms. The van der Waals surface area contributed by atoms with E-state index in [1.165, 1.54) is 19.2 Å². The molecule has 2 aromatic carbocycles. The molecule has 24 heavy (non-hydrogen) atoms. The van der Waals surface area contributed by atoms with Crippen LogP contribution in [0.3, 0.4) is 0 Å². The van der Waals surface area contributed by atoms with Crippen molar-refractivity contribution in [3.05, 3.63) is 80.0 Å². The van der Waals surface area contributed by atoms with Gasteiger partial charge in [0, 0.05) is 6.08 Å². The molecule has 0 spiro atoms. The highest BCUT2D eigenvalue weighted by Crippen LogP contribution is 2.38. The lowest BCUT2D eigenvalue weighted by Gasteiger charge is -2.11. The lowest BCUT2D eigenvalue weighted by Crippen LogP contribution is -2.02. The van der Waals surface area contributed by atoms with Crippen LogP contribution in [0.5, 0.6) is 11.5 Å². The molecule has 0 saturated carbocycles. The second-order valence-electron chi connectivity index (χ2n) is 4.66. The Morgan fingerprint density at radius 3 is 2.29 bits per heavy atom. The molecule has 2 rings (SSSR count). The van der Waals surface area contributed by atoms with Gasteiger partial charge >= 0.3 is 5.69 Å². The number of rotatable bonds is 7. The van der Waals surface area contributed by atoms with E-state index in [1.807, 2.05) is 30.3 Å². The molecule has 0 heterocycles. The highest BCUT2D eigenvalue weighted by Gasteiger charge is 2.24. The van der Waals surface area contributed by atoms with E-state index < -0.39 is 9.85 Å². The fourth-order valence-corrected chi connectivity index (χ4v) is 2.08. The fourth-order valence-electron chi connectivity index (χ4n) is 2.08. The number of methoxy groups -OCH3 is 1. The molecule has 124 valence electrons. The third-order valence-electron chi connectivity index (χ3n) is 3.14. The summed E-state index contributed by atoms with van der Waals surface area (Å²) in [5, 5.41) is 21.9. The second kappa shape index (κ2) is 7.73. The molecule has 0 unspecified atom stereocenters. The number of hydrogen-bond donors (Lipinski definition) is 0. The van der Waals surface area contributed by atoms with Crippen molar-refractivity contribution in [3.63, 3.8) is 0 Å². The SMILES string of the molecule is COc1ccc(OCc2ccccc2)c(/C=C/[N+](=O)[O-])c1[N+](=O)[O-]. The number of hydrogen-bond acceptors (Lipinski definition) is 6. The van der Waals surface area contributed by atoms with Gasteiger partial charge in [0.2, 0.25) is 6.20 Å². The van der Waals surface area contributed by atoms with Crippen LogP contribution in [0, 0.1) is 20.2 Å². The Balaban J connectivity index is 2.43. The van der Waals surface area contributed by atoms with Crippen LogP contribution < -0.4 is 9.47 Å². The second-order valence-corrected chi connectivity index (χ2v) is 4.66. The average Bonchev–Trinajstić information content (AvgIpc) is 2.58. The highest BCUT2D eigenvalue weighted by molar-refractivity contribution is 5.71. The monoisotopic (exact) mass is 330 g/mol. The maximum atomic E-state index is 11.3. The van der Waals surface area contributed by atoms with Crippen molar-refractivity contribution in [2.24, 2.45) is 0 Å². The van der Waals surface area contributed by atoms with Gasteiger partial charge in [0.1, 0.15) is 17.9 Å².